The van der Waals surface area contributed by atoms with Crippen LogP contribution in [-0.4, -0.2) is 6.36 Å². The zero-order valence-electron chi connectivity index (χ0n) is 10.7. The summed E-state index contributed by atoms with van der Waals surface area (Å²) in [6.07, 6.45) is -3.96. The van der Waals surface area contributed by atoms with E-state index in [9.17, 15) is 13.2 Å². The van der Waals surface area contributed by atoms with Gasteiger partial charge in [0.15, 0.2) is 0 Å². The van der Waals surface area contributed by atoms with Gasteiger partial charge in [-0.15, -0.1) is 13.2 Å². The summed E-state index contributed by atoms with van der Waals surface area (Å²) in [5, 5.41) is 0.665. The molecule has 1 nitrogen and oxygen atoms in total. The van der Waals surface area contributed by atoms with E-state index in [1.165, 1.54) is 12.1 Å². The van der Waals surface area contributed by atoms with Crippen LogP contribution in [0, 0.1) is 0 Å². The highest BCUT2D eigenvalue weighted by atomic mass is 79.9. The zero-order chi connectivity index (χ0) is 15.5. The van der Waals surface area contributed by atoms with Crippen LogP contribution in [0.4, 0.5) is 13.2 Å². The smallest absolute Gasteiger partial charge is 0.406 e. The average Bonchev–Trinajstić information content (AvgIpc) is 2.40. The molecule has 1 atom stereocenters. The lowest BCUT2D eigenvalue weighted by Crippen LogP contribution is -2.17. The Morgan fingerprint density at radius 2 is 1.57 bits per heavy atom. The van der Waals surface area contributed by atoms with E-state index in [2.05, 4.69) is 20.7 Å². The third-order valence-electron chi connectivity index (χ3n) is 2.80. The summed E-state index contributed by atoms with van der Waals surface area (Å²) in [6, 6.07) is 13.3. The van der Waals surface area contributed by atoms with Crippen LogP contribution in [0.5, 0.6) is 5.75 Å². The van der Waals surface area contributed by atoms with E-state index in [4.69, 9.17) is 11.6 Å². The highest BCUT2D eigenvalue weighted by Crippen LogP contribution is 2.30. The molecule has 0 bridgehead atoms. The lowest BCUT2D eigenvalue weighted by Gasteiger charge is -2.12. The molecular weight excluding hydrogens is 369 g/mol. The topological polar surface area (TPSA) is 9.23 Å². The molecule has 2 aromatic carbocycles. The quantitative estimate of drug-likeness (QED) is 0.599. The van der Waals surface area contributed by atoms with E-state index < -0.39 is 6.36 Å². The predicted octanol–water partition coefficient (Wildman–Crippen LogP) is 5.92. The minimum Gasteiger partial charge on any atom is -0.406 e. The van der Waals surface area contributed by atoms with Gasteiger partial charge in [0.25, 0.3) is 0 Å². The maximum Gasteiger partial charge on any atom is 0.573 e. The van der Waals surface area contributed by atoms with Crippen LogP contribution >= 0.6 is 27.5 Å². The molecule has 0 N–H and O–H groups in total. The molecule has 2 aromatic rings. The molecule has 0 amide bonds. The predicted molar refractivity (Wildman–Crippen MR) is 79.9 cm³/mol. The number of hydrogen-bond acceptors (Lipinski definition) is 1. The van der Waals surface area contributed by atoms with Crippen LogP contribution in [0.2, 0.25) is 5.02 Å². The molecule has 2 rings (SSSR count). The summed E-state index contributed by atoms with van der Waals surface area (Å²) >= 11 is 9.35. The molecule has 1 unspecified atom stereocenters. The first-order chi connectivity index (χ1) is 9.83. The Bertz CT molecular complexity index is 581. The Morgan fingerprint density at radius 1 is 1.00 bits per heavy atom. The normalized spacial score (nSPS) is 13.0. The maximum absolute atomic E-state index is 12.1. The fourth-order valence-corrected chi connectivity index (χ4v) is 2.63. The van der Waals surface area contributed by atoms with Crippen molar-refractivity contribution in [2.24, 2.45) is 0 Å². The minimum absolute atomic E-state index is 0.00128. The van der Waals surface area contributed by atoms with Crippen LogP contribution in [0.15, 0.2) is 48.5 Å². The van der Waals surface area contributed by atoms with Gasteiger partial charge in [-0.1, -0.05) is 51.8 Å². The Balaban J connectivity index is 2.02. The summed E-state index contributed by atoms with van der Waals surface area (Å²) in [4.78, 5) is -0.00128. The first-order valence-electron chi connectivity index (χ1n) is 6.08. The van der Waals surface area contributed by atoms with Gasteiger partial charge < -0.3 is 4.74 Å². The molecule has 6 heteroatoms. The number of hydrogen-bond donors (Lipinski definition) is 0. The molecule has 0 aromatic heterocycles. The number of benzene rings is 2. The molecule has 0 radical (unpaired) electrons. The number of alkyl halides is 4. The first-order valence-corrected chi connectivity index (χ1v) is 7.37. The Kier molecular flexibility index (Phi) is 5.17. The second kappa shape index (κ2) is 6.71. The zero-order valence-corrected chi connectivity index (χ0v) is 13.0. The van der Waals surface area contributed by atoms with Crippen molar-refractivity contribution in [3.8, 4) is 5.75 Å². The molecule has 0 saturated heterocycles. The lowest BCUT2D eigenvalue weighted by molar-refractivity contribution is -0.274. The van der Waals surface area contributed by atoms with Crippen molar-refractivity contribution in [1.29, 1.82) is 0 Å². The van der Waals surface area contributed by atoms with Crippen molar-refractivity contribution in [3.05, 3.63) is 64.7 Å². The average molecular weight is 380 g/mol. The second-order valence-electron chi connectivity index (χ2n) is 4.41. The molecule has 112 valence electrons. The highest BCUT2D eigenvalue weighted by Gasteiger charge is 2.31. The van der Waals surface area contributed by atoms with Crippen molar-refractivity contribution in [1.82, 2.24) is 0 Å². The molecule has 0 aliphatic rings. The molecule has 0 heterocycles. The first kappa shape index (κ1) is 16.2. The summed E-state index contributed by atoms with van der Waals surface area (Å²) in [7, 11) is 0. The molecule has 21 heavy (non-hydrogen) atoms. The van der Waals surface area contributed by atoms with E-state index in [0.29, 0.717) is 11.4 Å². The maximum atomic E-state index is 12.1. The Hall–Kier alpha value is -1.20. The molecule has 0 aliphatic heterocycles. The van der Waals surface area contributed by atoms with E-state index in [0.717, 1.165) is 11.1 Å². The monoisotopic (exact) mass is 378 g/mol. The number of ether oxygens (including phenoxy) is 1. The van der Waals surface area contributed by atoms with E-state index in [1.54, 1.807) is 24.3 Å². The van der Waals surface area contributed by atoms with Crippen LogP contribution in [0.1, 0.15) is 16.0 Å². The minimum atomic E-state index is -4.67. The second-order valence-corrected chi connectivity index (χ2v) is 5.96. The standard InChI is InChI=1S/C15H11BrClF3O/c16-14(9-10-1-5-12(17)6-2-10)11-3-7-13(8-4-11)21-15(18,19)20/h1-8,14H,9H2. The molecule has 0 spiro atoms. The third-order valence-corrected chi connectivity index (χ3v) is 3.91. The lowest BCUT2D eigenvalue weighted by atomic mass is 10.0. The molecular formula is C15H11BrClF3O. The van der Waals surface area contributed by atoms with Crippen molar-refractivity contribution in [2.45, 2.75) is 17.6 Å². The van der Waals surface area contributed by atoms with E-state index in [-0.39, 0.29) is 10.6 Å². The van der Waals surface area contributed by atoms with Crippen molar-refractivity contribution in [2.75, 3.05) is 0 Å². The summed E-state index contributed by atoms with van der Waals surface area (Å²) in [6.45, 7) is 0. The van der Waals surface area contributed by atoms with E-state index in [1.807, 2.05) is 12.1 Å². The van der Waals surface area contributed by atoms with Crippen LogP contribution in [0.3, 0.4) is 0 Å². The molecule has 0 aliphatic carbocycles. The van der Waals surface area contributed by atoms with Crippen molar-refractivity contribution < 1.29 is 17.9 Å². The van der Waals surface area contributed by atoms with Gasteiger partial charge in [0.05, 0.1) is 0 Å². The van der Waals surface area contributed by atoms with Gasteiger partial charge in [0.2, 0.25) is 0 Å². The van der Waals surface area contributed by atoms with E-state index >= 15 is 0 Å². The van der Waals surface area contributed by atoms with Gasteiger partial charge in [0, 0.05) is 9.85 Å². The highest BCUT2D eigenvalue weighted by molar-refractivity contribution is 9.09. The largest absolute Gasteiger partial charge is 0.573 e. The summed E-state index contributed by atoms with van der Waals surface area (Å²) in [5.41, 5.74) is 1.95. The summed E-state index contributed by atoms with van der Waals surface area (Å²) in [5.74, 6) is -0.225. The van der Waals surface area contributed by atoms with Gasteiger partial charge in [-0.25, -0.2) is 0 Å². The van der Waals surface area contributed by atoms with Crippen LogP contribution in [0.25, 0.3) is 0 Å². The van der Waals surface area contributed by atoms with Gasteiger partial charge in [-0.05, 0) is 41.8 Å². The van der Waals surface area contributed by atoms with Gasteiger partial charge in [0.1, 0.15) is 5.75 Å². The third kappa shape index (κ3) is 5.25. The van der Waals surface area contributed by atoms with Crippen molar-refractivity contribution in [3.63, 3.8) is 0 Å². The molecule has 0 saturated carbocycles. The van der Waals surface area contributed by atoms with Crippen LogP contribution in [-0.2, 0) is 6.42 Å². The SMILES string of the molecule is FC(F)(F)Oc1ccc(C(Br)Cc2ccc(Cl)cc2)cc1. The fraction of sp³-hybridized carbons (Fsp3) is 0.200. The van der Waals surface area contributed by atoms with Crippen LogP contribution < -0.4 is 4.74 Å². The molecule has 0 fully saturated rings. The van der Waals surface area contributed by atoms with Crippen molar-refractivity contribution >= 4 is 27.5 Å². The summed E-state index contributed by atoms with van der Waals surface area (Å²) < 4.78 is 40.1. The number of halogens is 5. The Morgan fingerprint density at radius 3 is 2.10 bits per heavy atom. The Labute approximate surface area is 133 Å². The van der Waals surface area contributed by atoms with Gasteiger partial charge >= 0.3 is 6.36 Å². The van der Waals surface area contributed by atoms with Gasteiger partial charge in [-0.2, -0.15) is 0 Å². The van der Waals surface area contributed by atoms with Gasteiger partial charge in [-0.3, -0.25) is 0 Å². The fourth-order valence-electron chi connectivity index (χ4n) is 1.82. The number of rotatable bonds is 4.